The maximum Gasteiger partial charge on any atom is 0.0102 e. The van der Waals surface area contributed by atoms with Gasteiger partial charge in [-0.1, -0.05) is 6.92 Å². The van der Waals surface area contributed by atoms with Crippen molar-refractivity contribution in [1.29, 1.82) is 0 Å². The second kappa shape index (κ2) is 4.46. The number of piperidine rings is 1. The molecule has 0 amide bonds. The summed E-state index contributed by atoms with van der Waals surface area (Å²) in [6.45, 7) is 8.00. The van der Waals surface area contributed by atoms with Crippen molar-refractivity contribution in [3.05, 3.63) is 0 Å². The molecule has 4 aliphatic rings. The van der Waals surface area contributed by atoms with Gasteiger partial charge in [0.2, 0.25) is 0 Å². The third-order valence-electron chi connectivity index (χ3n) is 6.85. The lowest BCUT2D eigenvalue weighted by atomic mass is 9.58. The van der Waals surface area contributed by atoms with E-state index in [1.165, 1.54) is 64.7 Å². The Kier molecular flexibility index (Phi) is 2.97. The summed E-state index contributed by atoms with van der Waals surface area (Å²) in [6.07, 6.45) is 9.06. The van der Waals surface area contributed by atoms with Gasteiger partial charge in [0.25, 0.3) is 0 Å². The maximum absolute atomic E-state index is 2.87. The summed E-state index contributed by atoms with van der Waals surface area (Å²) in [6, 6.07) is 0.943. The first-order valence-corrected chi connectivity index (χ1v) is 8.56. The molecule has 0 N–H and O–H groups in total. The SMILES string of the molecule is CC1CC2(CCN(C3CC4CN(C)CC4C3)CC2)C1. The normalized spacial score (nSPS) is 43.6. The Bertz CT molecular complexity index is 323. The molecular weight excluding hydrogens is 232 g/mol. The quantitative estimate of drug-likeness (QED) is 0.717. The third-order valence-corrected chi connectivity index (χ3v) is 6.85. The molecule has 2 saturated heterocycles. The van der Waals surface area contributed by atoms with Crippen molar-refractivity contribution in [1.82, 2.24) is 9.80 Å². The number of rotatable bonds is 1. The highest BCUT2D eigenvalue weighted by molar-refractivity contribution is 5.00. The highest BCUT2D eigenvalue weighted by Crippen LogP contribution is 2.53. The monoisotopic (exact) mass is 262 g/mol. The van der Waals surface area contributed by atoms with Crippen molar-refractivity contribution in [2.45, 2.75) is 51.5 Å². The first-order valence-electron chi connectivity index (χ1n) is 8.56. The summed E-state index contributed by atoms with van der Waals surface area (Å²) < 4.78 is 0. The molecule has 2 nitrogen and oxygen atoms in total. The van der Waals surface area contributed by atoms with Crippen molar-refractivity contribution in [2.24, 2.45) is 23.2 Å². The van der Waals surface area contributed by atoms with Gasteiger partial charge in [-0.05, 0) is 81.8 Å². The van der Waals surface area contributed by atoms with Crippen LogP contribution in [0.25, 0.3) is 0 Å². The van der Waals surface area contributed by atoms with Gasteiger partial charge in [-0.15, -0.1) is 0 Å². The highest BCUT2D eigenvalue weighted by atomic mass is 15.2. The molecule has 2 atom stereocenters. The molecule has 4 rings (SSSR count). The van der Waals surface area contributed by atoms with Crippen LogP contribution in [-0.4, -0.2) is 49.1 Å². The van der Waals surface area contributed by atoms with Crippen LogP contribution in [0.5, 0.6) is 0 Å². The molecule has 2 aliphatic heterocycles. The molecule has 108 valence electrons. The van der Waals surface area contributed by atoms with Crippen molar-refractivity contribution in [3.8, 4) is 0 Å². The van der Waals surface area contributed by atoms with E-state index >= 15 is 0 Å². The number of hydrogen-bond donors (Lipinski definition) is 0. The predicted molar refractivity (Wildman–Crippen MR) is 79.1 cm³/mol. The van der Waals surface area contributed by atoms with Crippen LogP contribution in [0.3, 0.4) is 0 Å². The number of hydrogen-bond acceptors (Lipinski definition) is 2. The Morgan fingerprint density at radius 1 is 0.947 bits per heavy atom. The lowest BCUT2D eigenvalue weighted by molar-refractivity contribution is -0.0181. The molecule has 1 spiro atoms. The van der Waals surface area contributed by atoms with Crippen LogP contribution in [0.4, 0.5) is 0 Å². The molecule has 2 aliphatic carbocycles. The van der Waals surface area contributed by atoms with Crippen molar-refractivity contribution in [3.63, 3.8) is 0 Å². The molecule has 0 aromatic rings. The molecule has 2 saturated carbocycles. The average molecular weight is 262 g/mol. The lowest BCUT2D eigenvalue weighted by Gasteiger charge is -2.52. The molecule has 0 aromatic carbocycles. The van der Waals surface area contributed by atoms with Gasteiger partial charge in [-0.2, -0.15) is 0 Å². The Balaban J connectivity index is 1.31. The largest absolute Gasteiger partial charge is 0.306 e. The standard InChI is InChI=1S/C17H30N2/c1-13-9-17(10-13)3-5-19(6-4-17)16-7-14-11-18(2)12-15(14)8-16/h13-16H,3-12H2,1-2H3. The maximum atomic E-state index is 2.87. The van der Waals surface area contributed by atoms with E-state index in [9.17, 15) is 0 Å². The van der Waals surface area contributed by atoms with Crippen LogP contribution in [-0.2, 0) is 0 Å². The van der Waals surface area contributed by atoms with Crippen LogP contribution in [0, 0.1) is 23.2 Å². The van der Waals surface area contributed by atoms with Crippen molar-refractivity contribution < 1.29 is 0 Å². The molecule has 2 heterocycles. The first kappa shape index (κ1) is 12.6. The zero-order valence-corrected chi connectivity index (χ0v) is 12.8. The predicted octanol–water partition coefficient (Wildman–Crippen LogP) is 2.84. The second-order valence-electron chi connectivity index (χ2n) is 8.42. The van der Waals surface area contributed by atoms with Gasteiger partial charge in [0.15, 0.2) is 0 Å². The fourth-order valence-electron chi connectivity index (χ4n) is 5.99. The number of fused-ring (bicyclic) bond motifs is 1. The minimum atomic E-state index is 0.796. The molecule has 19 heavy (non-hydrogen) atoms. The Hall–Kier alpha value is -0.0800. The van der Waals surface area contributed by atoms with Gasteiger partial charge < -0.3 is 9.80 Å². The fourth-order valence-corrected chi connectivity index (χ4v) is 5.99. The van der Waals surface area contributed by atoms with Crippen LogP contribution in [0.2, 0.25) is 0 Å². The zero-order valence-electron chi connectivity index (χ0n) is 12.8. The molecule has 0 radical (unpaired) electrons. The molecule has 2 heteroatoms. The van der Waals surface area contributed by atoms with E-state index in [2.05, 4.69) is 23.8 Å². The summed E-state index contributed by atoms with van der Waals surface area (Å²) in [5.41, 5.74) is 0.796. The highest BCUT2D eigenvalue weighted by Gasteiger charge is 2.47. The van der Waals surface area contributed by atoms with Gasteiger partial charge in [-0.3, -0.25) is 0 Å². The van der Waals surface area contributed by atoms with Crippen LogP contribution in [0.15, 0.2) is 0 Å². The molecule has 2 unspecified atom stereocenters. The Labute approximate surface area is 118 Å². The summed E-state index contributed by atoms with van der Waals surface area (Å²) >= 11 is 0. The van der Waals surface area contributed by atoms with Gasteiger partial charge in [0.05, 0.1) is 0 Å². The lowest BCUT2D eigenvalue weighted by Crippen LogP contribution is -2.49. The first-order chi connectivity index (χ1) is 9.13. The van der Waals surface area contributed by atoms with Gasteiger partial charge >= 0.3 is 0 Å². The topological polar surface area (TPSA) is 6.48 Å². The summed E-state index contributed by atoms with van der Waals surface area (Å²) in [5, 5.41) is 0. The second-order valence-corrected chi connectivity index (χ2v) is 8.42. The average Bonchev–Trinajstić information content (AvgIpc) is 2.85. The van der Waals surface area contributed by atoms with Gasteiger partial charge in [-0.25, -0.2) is 0 Å². The zero-order chi connectivity index (χ0) is 13.0. The van der Waals surface area contributed by atoms with Crippen molar-refractivity contribution >= 4 is 0 Å². The number of nitrogens with zero attached hydrogens (tertiary/aromatic N) is 2. The fraction of sp³-hybridized carbons (Fsp3) is 1.00. The Morgan fingerprint density at radius 3 is 2.05 bits per heavy atom. The minimum Gasteiger partial charge on any atom is -0.306 e. The number of likely N-dealkylation sites (tertiary alicyclic amines) is 2. The summed E-state index contributed by atoms with van der Waals surface area (Å²) in [5.74, 6) is 3.07. The van der Waals surface area contributed by atoms with Crippen LogP contribution < -0.4 is 0 Å². The molecule has 0 aromatic heterocycles. The van der Waals surface area contributed by atoms with E-state index in [1.54, 1.807) is 0 Å². The van der Waals surface area contributed by atoms with Crippen LogP contribution in [0.1, 0.15) is 45.4 Å². The molecule has 0 bridgehead atoms. The third kappa shape index (κ3) is 2.15. The summed E-state index contributed by atoms with van der Waals surface area (Å²) in [4.78, 5) is 5.42. The van der Waals surface area contributed by atoms with E-state index in [1.807, 2.05) is 0 Å². The van der Waals surface area contributed by atoms with Crippen LogP contribution >= 0.6 is 0 Å². The Morgan fingerprint density at radius 2 is 1.53 bits per heavy atom. The van der Waals surface area contributed by atoms with E-state index in [0.29, 0.717) is 0 Å². The van der Waals surface area contributed by atoms with E-state index in [4.69, 9.17) is 0 Å². The van der Waals surface area contributed by atoms with Crippen molar-refractivity contribution in [2.75, 3.05) is 33.2 Å². The smallest absolute Gasteiger partial charge is 0.0102 e. The minimum absolute atomic E-state index is 0.796. The molecular formula is C17H30N2. The van der Waals surface area contributed by atoms with E-state index in [0.717, 1.165) is 29.2 Å². The van der Waals surface area contributed by atoms with E-state index in [-0.39, 0.29) is 0 Å². The van der Waals surface area contributed by atoms with E-state index < -0.39 is 0 Å². The molecule has 4 fully saturated rings. The van der Waals surface area contributed by atoms with Gasteiger partial charge in [0, 0.05) is 19.1 Å². The van der Waals surface area contributed by atoms with Gasteiger partial charge in [0.1, 0.15) is 0 Å². The summed E-state index contributed by atoms with van der Waals surface area (Å²) in [7, 11) is 2.30.